The van der Waals surface area contributed by atoms with E-state index in [0.717, 1.165) is 4.70 Å². The van der Waals surface area contributed by atoms with Crippen LogP contribution in [0.15, 0.2) is 36.4 Å². The highest BCUT2D eigenvalue weighted by molar-refractivity contribution is 7.22. The number of amides is 2. The Bertz CT molecular complexity index is 866. The maximum absolute atomic E-state index is 12.0. The number of carbonyl (C=O) groups is 1. The number of hydrogen-bond donors (Lipinski definition) is 2. The van der Waals surface area contributed by atoms with Crippen molar-refractivity contribution < 1.29 is 4.79 Å². The molecule has 0 aliphatic carbocycles. The first-order chi connectivity index (χ1) is 10.5. The van der Waals surface area contributed by atoms with Crippen molar-refractivity contribution in [2.45, 2.75) is 0 Å². The molecule has 0 unspecified atom stereocenters. The molecule has 3 rings (SSSR count). The van der Waals surface area contributed by atoms with Crippen molar-refractivity contribution >= 4 is 73.2 Å². The van der Waals surface area contributed by atoms with Gasteiger partial charge in [-0.3, -0.25) is 5.32 Å². The fourth-order valence-electron chi connectivity index (χ4n) is 1.82. The quantitative estimate of drug-likeness (QED) is 0.588. The Morgan fingerprint density at radius 1 is 1.00 bits per heavy atom. The lowest BCUT2D eigenvalue weighted by Gasteiger charge is -2.07. The van der Waals surface area contributed by atoms with Crippen LogP contribution in [0.25, 0.3) is 10.2 Å². The third-order valence-electron chi connectivity index (χ3n) is 2.79. The molecular weight excluding hydrogens is 365 g/mol. The molecule has 0 saturated carbocycles. The van der Waals surface area contributed by atoms with Crippen molar-refractivity contribution in [1.82, 2.24) is 4.98 Å². The number of halogens is 3. The minimum atomic E-state index is -0.459. The molecule has 0 atom stereocenters. The summed E-state index contributed by atoms with van der Waals surface area (Å²) in [5.41, 5.74) is 1.08. The van der Waals surface area contributed by atoms with Crippen LogP contribution in [0.4, 0.5) is 15.6 Å². The number of para-hydroxylation sites is 1. The van der Waals surface area contributed by atoms with Gasteiger partial charge < -0.3 is 5.32 Å². The minimum Gasteiger partial charge on any atom is -0.306 e. The summed E-state index contributed by atoms with van der Waals surface area (Å²) in [6.07, 6.45) is 0. The van der Waals surface area contributed by atoms with E-state index in [1.165, 1.54) is 11.3 Å². The molecule has 0 saturated heterocycles. The summed E-state index contributed by atoms with van der Waals surface area (Å²) >= 11 is 19.3. The van der Waals surface area contributed by atoms with Gasteiger partial charge in [0, 0.05) is 0 Å². The fraction of sp³-hybridized carbons (Fsp3) is 0. The van der Waals surface area contributed by atoms with Crippen LogP contribution in [0.1, 0.15) is 0 Å². The van der Waals surface area contributed by atoms with E-state index in [2.05, 4.69) is 15.6 Å². The van der Waals surface area contributed by atoms with Crippen molar-refractivity contribution in [3.63, 3.8) is 0 Å². The Kier molecular flexibility index (Phi) is 4.40. The number of benzene rings is 2. The molecule has 2 aromatic carbocycles. The summed E-state index contributed by atoms with van der Waals surface area (Å²) in [5, 5.41) is 6.91. The molecule has 4 nitrogen and oxygen atoms in total. The molecule has 2 N–H and O–H groups in total. The molecule has 0 bridgehead atoms. The van der Waals surface area contributed by atoms with Gasteiger partial charge in [-0.1, -0.05) is 58.3 Å². The second-order valence-electron chi connectivity index (χ2n) is 4.29. The smallest absolute Gasteiger partial charge is 0.306 e. The van der Waals surface area contributed by atoms with E-state index in [4.69, 9.17) is 34.8 Å². The second kappa shape index (κ2) is 6.30. The van der Waals surface area contributed by atoms with Gasteiger partial charge in [-0.15, -0.1) is 0 Å². The van der Waals surface area contributed by atoms with Gasteiger partial charge in [-0.2, -0.15) is 0 Å². The molecule has 1 heterocycles. The van der Waals surface area contributed by atoms with E-state index >= 15 is 0 Å². The van der Waals surface area contributed by atoms with Crippen LogP contribution in [-0.2, 0) is 0 Å². The minimum absolute atomic E-state index is 0.284. The molecule has 0 aliphatic rings. The van der Waals surface area contributed by atoms with Gasteiger partial charge in [0.2, 0.25) is 0 Å². The zero-order valence-electron chi connectivity index (χ0n) is 10.9. The van der Waals surface area contributed by atoms with E-state index in [9.17, 15) is 4.79 Å². The highest BCUT2D eigenvalue weighted by atomic mass is 35.5. The Morgan fingerprint density at radius 2 is 1.73 bits per heavy atom. The standard InChI is InChI=1S/C14H8Cl3N3OS/c15-7-3-1-5-9(11(7)17)18-13(21)20-14-19-12-8(16)4-2-6-10(12)22-14/h1-6H,(H2,18,19,20,21). The summed E-state index contributed by atoms with van der Waals surface area (Å²) in [6.45, 7) is 0. The summed E-state index contributed by atoms with van der Waals surface area (Å²) in [4.78, 5) is 16.3. The zero-order chi connectivity index (χ0) is 15.7. The molecule has 8 heteroatoms. The molecule has 0 spiro atoms. The predicted molar refractivity (Wildman–Crippen MR) is 93.7 cm³/mol. The van der Waals surface area contributed by atoms with Crippen molar-refractivity contribution in [2.24, 2.45) is 0 Å². The monoisotopic (exact) mass is 371 g/mol. The molecule has 0 aliphatic heterocycles. The number of urea groups is 1. The van der Waals surface area contributed by atoms with Crippen LogP contribution in [0, 0.1) is 0 Å². The zero-order valence-corrected chi connectivity index (χ0v) is 13.9. The normalized spacial score (nSPS) is 10.7. The summed E-state index contributed by atoms with van der Waals surface area (Å²) < 4.78 is 0.892. The molecular formula is C14H8Cl3N3OS. The van der Waals surface area contributed by atoms with Crippen LogP contribution in [0.2, 0.25) is 15.1 Å². The first-order valence-electron chi connectivity index (χ1n) is 6.11. The van der Waals surface area contributed by atoms with Crippen molar-refractivity contribution in [2.75, 3.05) is 10.6 Å². The first-order valence-corrected chi connectivity index (χ1v) is 8.06. The summed E-state index contributed by atoms with van der Waals surface area (Å²) in [7, 11) is 0. The van der Waals surface area contributed by atoms with Crippen LogP contribution < -0.4 is 10.6 Å². The van der Waals surface area contributed by atoms with E-state index in [1.54, 1.807) is 24.3 Å². The number of thiazole rings is 1. The van der Waals surface area contributed by atoms with Crippen LogP contribution >= 0.6 is 46.1 Å². The van der Waals surface area contributed by atoms with Crippen LogP contribution in [-0.4, -0.2) is 11.0 Å². The number of nitrogens with one attached hydrogen (secondary N) is 2. The number of fused-ring (bicyclic) bond motifs is 1. The Hall–Kier alpha value is -1.53. The second-order valence-corrected chi connectivity index (χ2v) is 6.51. The fourth-order valence-corrected chi connectivity index (χ4v) is 3.33. The van der Waals surface area contributed by atoms with Crippen molar-refractivity contribution in [1.29, 1.82) is 0 Å². The Morgan fingerprint density at radius 3 is 2.50 bits per heavy atom. The third-order valence-corrected chi connectivity index (χ3v) is 4.85. The predicted octanol–water partition coefficient (Wildman–Crippen LogP) is 5.90. The number of rotatable bonds is 2. The molecule has 112 valence electrons. The Balaban J connectivity index is 1.78. The number of aromatic nitrogens is 1. The SMILES string of the molecule is O=C(Nc1nc2c(Cl)cccc2s1)Nc1cccc(Cl)c1Cl. The van der Waals surface area contributed by atoms with Gasteiger partial charge in [0.05, 0.1) is 25.5 Å². The van der Waals surface area contributed by atoms with Crippen molar-refractivity contribution in [3.05, 3.63) is 51.5 Å². The molecule has 1 aromatic heterocycles. The molecule has 0 radical (unpaired) electrons. The summed E-state index contributed by atoms with van der Waals surface area (Å²) in [6, 6.07) is 10.00. The van der Waals surface area contributed by atoms with E-state index in [0.29, 0.717) is 26.4 Å². The Labute approximate surface area is 145 Å². The average Bonchev–Trinajstić information content (AvgIpc) is 2.88. The lowest BCUT2D eigenvalue weighted by molar-refractivity contribution is 0.262. The molecule has 0 fully saturated rings. The van der Waals surface area contributed by atoms with Gasteiger partial charge in [0.15, 0.2) is 5.13 Å². The van der Waals surface area contributed by atoms with Gasteiger partial charge in [-0.25, -0.2) is 9.78 Å². The maximum atomic E-state index is 12.0. The third kappa shape index (κ3) is 3.13. The first kappa shape index (κ1) is 15.4. The van der Waals surface area contributed by atoms with E-state index in [1.807, 2.05) is 12.1 Å². The summed E-state index contributed by atoms with van der Waals surface area (Å²) in [5.74, 6) is 0. The molecule has 3 aromatic rings. The molecule has 22 heavy (non-hydrogen) atoms. The topological polar surface area (TPSA) is 54.0 Å². The highest BCUT2D eigenvalue weighted by Gasteiger charge is 2.11. The van der Waals surface area contributed by atoms with Crippen LogP contribution in [0.5, 0.6) is 0 Å². The van der Waals surface area contributed by atoms with Gasteiger partial charge in [0.25, 0.3) is 0 Å². The number of hydrogen-bond acceptors (Lipinski definition) is 3. The van der Waals surface area contributed by atoms with Gasteiger partial charge in [0.1, 0.15) is 5.52 Å². The van der Waals surface area contributed by atoms with Crippen LogP contribution in [0.3, 0.4) is 0 Å². The maximum Gasteiger partial charge on any atom is 0.325 e. The van der Waals surface area contributed by atoms with Crippen molar-refractivity contribution in [3.8, 4) is 0 Å². The van der Waals surface area contributed by atoms with Gasteiger partial charge >= 0.3 is 6.03 Å². The van der Waals surface area contributed by atoms with E-state index in [-0.39, 0.29) is 5.02 Å². The lowest BCUT2D eigenvalue weighted by Crippen LogP contribution is -2.19. The average molecular weight is 373 g/mol. The number of carbonyl (C=O) groups excluding carboxylic acids is 1. The molecule has 2 amide bonds. The number of nitrogens with zero attached hydrogens (tertiary/aromatic N) is 1. The highest BCUT2D eigenvalue weighted by Crippen LogP contribution is 2.32. The van der Waals surface area contributed by atoms with Gasteiger partial charge in [-0.05, 0) is 24.3 Å². The largest absolute Gasteiger partial charge is 0.325 e. The van der Waals surface area contributed by atoms with E-state index < -0.39 is 6.03 Å². The number of anilines is 2. The lowest BCUT2D eigenvalue weighted by atomic mass is 10.3.